The first-order chi connectivity index (χ1) is 28.5. The van der Waals surface area contributed by atoms with Crippen LogP contribution in [0.1, 0.15) is 67.1 Å². The van der Waals surface area contributed by atoms with Crippen molar-refractivity contribution in [1.82, 2.24) is 45.1 Å². The molecule has 8 rings (SSSR count). The van der Waals surface area contributed by atoms with Crippen molar-refractivity contribution in [2.75, 3.05) is 56.4 Å². The van der Waals surface area contributed by atoms with Crippen LogP contribution >= 0.6 is 0 Å². The highest BCUT2D eigenvalue weighted by molar-refractivity contribution is 6.01. The van der Waals surface area contributed by atoms with E-state index in [4.69, 9.17) is 9.72 Å². The topological polar surface area (TPSA) is 179 Å². The lowest BCUT2D eigenvalue weighted by Crippen LogP contribution is -2.58. The van der Waals surface area contributed by atoms with Crippen LogP contribution < -0.4 is 21.3 Å². The van der Waals surface area contributed by atoms with Gasteiger partial charge < -0.3 is 35.4 Å². The summed E-state index contributed by atoms with van der Waals surface area (Å²) >= 11 is 0. The highest BCUT2D eigenvalue weighted by Gasteiger charge is 2.34. The molecule has 0 radical (unpaired) electrons. The molecule has 4 N–H and O–H groups in total. The van der Waals surface area contributed by atoms with Gasteiger partial charge in [0.25, 0.3) is 5.91 Å². The smallest absolute Gasteiger partial charge is 0.317 e. The summed E-state index contributed by atoms with van der Waals surface area (Å²) in [5, 5.41) is 16.6. The molecule has 0 spiro atoms. The third-order valence-corrected chi connectivity index (χ3v) is 11.6. The molecule has 16 nitrogen and oxygen atoms in total. The molecule has 4 aliphatic rings. The van der Waals surface area contributed by atoms with Gasteiger partial charge in [0.05, 0.1) is 48.9 Å². The van der Waals surface area contributed by atoms with Crippen LogP contribution in [0.3, 0.4) is 0 Å². The predicted molar refractivity (Wildman–Crippen MR) is 222 cm³/mol. The standard InChI is InChI=1S/C43H53N11O5/c1-27(2)59-36-25-53(26-36)43(58)45-19-32-8-7-30(17-28(32)3)37-11-14-44-42(49-37)48-34-20-46-54(24-34)35-12-15-51(16-13-35)21-29-22-52(23-29)41(57)31-5-4-6-33(18-31)47-38-9-10-39(55)50-40(38)56/h4-8,11,14,17-18,20,24,27,29,35-36,38,47H,9-10,12-13,15-16,19,21-23,25-26H2,1-3H3,(H,45,58)(H,44,48,49)(H,50,55,56). The van der Waals surface area contributed by atoms with Crippen molar-refractivity contribution in [3.05, 3.63) is 83.8 Å². The van der Waals surface area contributed by atoms with E-state index in [1.54, 1.807) is 23.2 Å². The van der Waals surface area contributed by atoms with E-state index in [-0.39, 0.29) is 36.0 Å². The lowest BCUT2D eigenvalue weighted by atomic mass is 9.96. The number of hydrogen-bond donors (Lipinski definition) is 4. The molecule has 4 aliphatic heterocycles. The molecule has 1 atom stereocenters. The maximum Gasteiger partial charge on any atom is 0.317 e. The first-order valence-electron chi connectivity index (χ1n) is 20.7. The molecule has 5 amide bonds. The number of likely N-dealkylation sites (tertiary alicyclic amines) is 3. The lowest BCUT2D eigenvalue weighted by molar-refractivity contribution is -0.133. The molecule has 1 unspecified atom stereocenters. The molecular weight excluding hydrogens is 751 g/mol. The number of urea groups is 1. The SMILES string of the molecule is Cc1cc(-c2ccnc(Nc3cnn(C4CCN(CC5CN(C(=O)c6cccc(NC7CCC(=O)NC7=O)c6)C5)CC4)c3)n2)ccc1CNC(=O)N1CC(OC(C)C)C1. The largest absolute Gasteiger partial charge is 0.374 e. The van der Waals surface area contributed by atoms with Gasteiger partial charge in [-0.3, -0.25) is 24.4 Å². The van der Waals surface area contributed by atoms with Gasteiger partial charge in [0.1, 0.15) is 6.04 Å². The summed E-state index contributed by atoms with van der Waals surface area (Å²) in [6, 6.07) is 15.0. The number of carbonyl (C=O) groups excluding carboxylic acids is 4. The zero-order valence-corrected chi connectivity index (χ0v) is 33.9. The molecule has 0 bridgehead atoms. The van der Waals surface area contributed by atoms with Gasteiger partial charge in [-0.2, -0.15) is 5.10 Å². The second-order valence-corrected chi connectivity index (χ2v) is 16.4. The second kappa shape index (κ2) is 17.5. The van der Waals surface area contributed by atoms with E-state index < -0.39 is 6.04 Å². The van der Waals surface area contributed by atoms with E-state index in [2.05, 4.69) is 42.3 Å². The molecule has 6 heterocycles. The monoisotopic (exact) mass is 803 g/mol. The van der Waals surface area contributed by atoms with Gasteiger partial charge in [0, 0.05) is 80.8 Å². The van der Waals surface area contributed by atoms with Crippen molar-refractivity contribution in [3.8, 4) is 11.3 Å². The minimum Gasteiger partial charge on any atom is -0.374 e. The molecule has 4 aromatic rings. The first-order valence-corrected chi connectivity index (χ1v) is 20.7. The Bertz CT molecular complexity index is 2170. The van der Waals surface area contributed by atoms with E-state index in [1.807, 2.05) is 73.1 Å². The summed E-state index contributed by atoms with van der Waals surface area (Å²) in [7, 11) is 0. The van der Waals surface area contributed by atoms with Crippen molar-refractivity contribution in [2.45, 2.75) is 77.3 Å². The fourth-order valence-corrected chi connectivity index (χ4v) is 8.26. The maximum atomic E-state index is 13.2. The average Bonchev–Trinajstić information content (AvgIpc) is 3.66. The van der Waals surface area contributed by atoms with Crippen LogP contribution in [0.4, 0.5) is 22.1 Å². The van der Waals surface area contributed by atoms with E-state index in [9.17, 15) is 19.2 Å². The number of aryl methyl sites for hydroxylation is 1. The Morgan fingerprint density at radius 2 is 1.78 bits per heavy atom. The minimum absolute atomic E-state index is 0.0101. The Morgan fingerprint density at radius 1 is 0.966 bits per heavy atom. The van der Waals surface area contributed by atoms with Crippen molar-refractivity contribution in [2.24, 2.45) is 5.92 Å². The van der Waals surface area contributed by atoms with Crippen LogP contribution in [0.15, 0.2) is 67.1 Å². The normalized spacial score (nSPS) is 19.3. The Kier molecular flexibility index (Phi) is 11.9. The molecular formula is C43H53N11O5. The molecule has 4 fully saturated rings. The van der Waals surface area contributed by atoms with Gasteiger partial charge >= 0.3 is 6.03 Å². The van der Waals surface area contributed by atoms with Gasteiger partial charge in [0.15, 0.2) is 0 Å². The number of ether oxygens (including phenoxy) is 1. The minimum atomic E-state index is -0.495. The Labute approximate surface area is 344 Å². The summed E-state index contributed by atoms with van der Waals surface area (Å²) in [5.41, 5.74) is 5.98. The number of anilines is 3. The Balaban J connectivity index is 0.762. The highest BCUT2D eigenvalue weighted by atomic mass is 16.5. The van der Waals surface area contributed by atoms with Crippen LogP contribution in [-0.2, 0) is 20.9 Å². The van der Waals surface area contributed by atoms with Crippen LogP contribution in [0.5, 0.6) is 0 Å². The number of piperidine rings is 2. The summed E-state index contributed by atoms with van der Waals surface area (Å²) in [6.45, 7) is 12.1. The van der Waals surface area contributed by atoms with E-state index in [0.29, 0.717) is 61.6 Å². The fourth-order valence-electron chi connectivity index (χ4n) is 8.26. The Morgan fingerprint density at radius 3 is 2.54 bits per heavy atom. The number of aromatic nitrogens is 4. The zero-order chi connectivity index (χ0) is 41.0. The summed E-state index contributed by atoms with van der Waals surface area (Å²) in [6.07, 6.45) is 8.55. The molecule has 16 heteroatoms. The van der Waals surface area contributed by atoms with E-state index in [1.165, 1.54) is 0 Å². The van der Waals surface area contributed by atoms with Crippen molar-refractivity contribution in [1.29, 1.82) is 0 Å². The third kappa shape index (κ3) is 9.71. The van der Waals surface area contributed by atoms with Crippen LogP contribution in [0.25, 0.3) is 11.3 Å². The number of nitrogens with one attached hydrogen (secondary N) is 4. The number of hydrogen-bond acceptors (Lipinski definition) is 11. The van der Waals surface area contributed by atoms with Crippen molar-refractivity contribution in [3.63, 3.8) is 0 Å². The quantitative estimate of drug-likeness (QED) is 0.141. The predicted octanol–water partition coefficient (Wildman–Crippen LogP) is 4.34. The third-order valence-electron chi connectivity index (χ3n) is 11.6. The number of benzene rings is 2. The number of nitrogens with zero attached hydrogens (tertiary/aromatic N) is 7. The molecule has 2 aromatic carbocycles. The second-order valence-electron chi connectivity index (χ2n) is 16.4. The summed E-state index contributed by atoms with van der Waals surface area (Å²) in [4.78, 5) is 64.9. The van der Waals surface area contributed by atoms with E-state index >= 15 is 0 Å². The molecule has 0 saturated carbocycles. The molecule has 0 aliphatic carbocycles. The molecule has 310 valence electrons. The zero-order valence-electron chi connectivity index (χ0n) is 33.9. The van der Waals surface area contributed by atoms with Crippen LogP contribution in [0, 0.1) is 12.8 Å². The van der Waals surface area contributed by atoms with Gasteiger partial charge in [-0.1, -0.05) is 18.2 Å². The summed E-state index contributed by atoms with van der Waals surface area (Å²) in [5.74, 6) is 0.319. The number of rotatable bonds is 13. The number of imide groups is 1. The average molecular weight is 804 g/mol. The summed E-state index contributed by atoms with van der Waals surface area (Å²) < 4.78 is 7.80. The fraction of sp³-hybridized carbons (Fsp3) is 0.465. The maximum absolute atomic E-state index is 13.2. The first kappa shape index (κ1) is 39.9. The van der Waals surface area contributed by atoms with Gasteiger partial charge in [-0.05, 0) is 81.5 Å². The lowest BCUT2D eigenvalue weighted by Gasteiger charge is -2.43. The molecule has 4 saturated heterocycles. The van der Waals surface area contributed by atoms with Crippen molar-refractivity contribution < 1.29 is 23.9 Å². The molecule has 2 aromatic heterocycles. The van der Waals surface area contributed by atoms with Gasteiger partial charge in [-0.25, -0.2) is 14.8 Å². The van der Waals surface area contributed by atoms with Gasteiger partial charge in [0.2, 0.25) is 17.8 Å². The number of carbonyl (C=O) groups is 4. The highest BCUT2D eigenvalue weighted by Crippen LogP contribution is 2.28. The Hall–Kier alpha value is -5.87. The van der Waals surface area contributed by atoms with Crippen LogP contribution in [-0.4, -0.2) is 122 Å². The number of amides is 5. The van der Waals surface area contributed by atoms with Crippen LogP contribution in [0.2, 0.25) is 0 Å². The van der Waals surface area contributed by atoms with E-state index in [0.717, 1.165) is 73.6 Å². The molecule has 59 heavy (non-hydrogen) atoms. The van der Waals surface area contributed by atoms with Gasteiger partial charge in [-0.15, -0.1) is 0 Å². The van der Waals surface area contributed by atoms with Crippen molar-refractivity contribution >= 4 is 41.1 Å².